The van der Waals surface area contributed by atoms with E-state index in [0.717, 1.165) is 22.5 Å². The van der Waals surface area contributed by atoms with Crippen LogP contribution in [0.25, 0.3) is 10.8 Å². The lowest BCUT2D eigenvalue weighted by atomic mass is 10.1. The van der Waals surface area contributed by atoms with Gasteiger partial charge in [-0.25, -0.2) is 0 Å². The Hall–Kier alpha value is -2.49. The van der Waals surface area contributed by atoms with Gasteiger partial charge in [0.25, 0.3) is 0 Å². The first kappa shape index (κ1) is 24.8. The fourth-order valence-electron chi connectivity index (χ4n) is 2.50. The number of benzene rings is 2. The second-order valence-electron chi connectivity index (χ2n) is 6.73. The third-order valence-corrected chi connectivity index (χ3v) is 5.14. The van der Waals surface area contributed by atoms with Crippen LogP contribution in [0.2, 0.25) is 0 Å². The molecule has 0 saturated heterocycles. The predicted molar refractivity (Wildman–Crippen MR) is 118 cm³/mol. The molecule has 2 aromatic carbocycles. The summed E-state index contributed by atoms with van der Waals surface area (Å²) < 4.78 is 20.8. The van der Waals surface area contributed by atoms with Crippen molar-refractivity contribution in [2.75, 3.05) is 38.4 Å². The Morgan fingerprint density at radius 2 is 1.71 bits per heavy atom. The largest absolute Gasteiger partial charge is 0.491 e. The van der Waals surface area contributed by atoms with Crippen molar-refractivity contribution in [3.05, 3.63) is 36.4 Å². The van der Waals surface area contributed by atoms with Gasteiger partial charge in [0.15, 0.2) is 0 Å². The van der Waals surface area contributed by atoms with Gasteiger partial charge in [0, 0.05) is 5.39 Å². The molecule has 0 radical (unpaired) electrons. The van der Waals surface area contributed by atoms with Crippen LogP contribution in [0, 0.1) is 0 Å². The number of thioether (sulfide) groups is 1. The van der Waals surface area contributed by atoms with E-state index < -0.39 is 24.1 Å². The van der Waals surface area contributed by atoms with E-state index in [4.69, 9.17) is 14.2 Å². The van der Waals surface area contributed by atoms with E-state index in [-0.39, 0.29) is 31.3 Å². The third kappa shape index (κ3) is 8.64. The number of fused-ring (bicyclic) bond motifs is 1. The molecule has 2 atom stereocenters. The number of hydrogen-bond donors (Lipinski definition) is 2. The molecular formula is C22H28O8S. The summed E-state index contributed by atoms with van der Waals surface area (Å²) in [6.45, 7) is 1.85. The molecule has 2 aromatic rings. The summed E-state index contributed by atoms with van der Waals surface area (Å²) in [4.78, 5) is 22.6. The fraction of sp³-hybridized carbons (Fsp3) is 0.455. The molecule has 0 fully saturated rings. The van der Waals surface area contributed by atoms with Crippen LogP contribution in [-0.2, 0) is 19.1 Å². The highest BCUT2D eigenvalue weighted by atomic mass is 32.2. The van der Waals surface area contributed by atoms with Gasteiger partial charge in [0.05, 0.1) is 24.7 Å². The average molecular weight is 453 g/mol. The molecule has 2 rings (SSSR count). The summed E-state index contributed by atoms with van der Waals surface area (Å²) in [5.41, 5.74) is 0. The third-order valence-electron chi connectivity index (χ3n) is 4.26. The zero-order chi connectivity index (χ0) is 22.6. The van der Waals surface area contributed by atoms with Crippen LogP contribution in [0.4, 0.5) is 0 Å². The lowest BCUT2D eigenvalue weighted by Crippen LogP contribution is -2.26. The predicted octanol–water partition coefficient (Wildman–Crippen LogP) is 2.18. The maximum absolute atomic E-state index is 11.6. The molecule has 9 heteroatoms. The first-order chi connectivity index (χ1) is 14.9. The molecule has 31 heavy (non-hydrogen) atoms. The quantitative estimate of drug-likeness (QED) is 0.442. The molecule has 0 bridgehead atoms. The van der Waals surface area contributed by atoms with Crippen molar-refractivity contribution in [2.24, 2.45) is 0 Å². The number of methoxy groups -OCH3 is 1. The number of aliphatic hydroxyl groups is 2. The van der Waals surface area contributed by atoms with Gasteiger partial charge < -0.3 is 29.2 Å². The number of ether oxygens (including phenoxy) is 4. The van der Waals surface area contributed by atoms with E-state index in [1.54, 1.807) is 12.1 Å². The van der Waals surface area contributed by atoms with Crippen LogP contribution in [0.3, 0.4) is 0 Å². The van der Waals surface area contributed by atoms with Crippen LogP contribution in [0.1, 0.15) is 13.3 Å². The molecule has 0 amide bonds. The molecule has 2 N–H and O–H groups in total. The molecule has 0 aromatic heterocycles. The fourth-order valence-corrected chi connectivity index (χ4v) is 3.14. The van der Waals surface area contributed by atoms with Gasteiger partial charge in [0.2, 0.25) is 0 Å². The van der Waals surface area contributed by atoms with Crippen LogP contribution in [-0.4, -0.2) is 72.8 Å². The standard InChI is InChI=1S/C22H28O8S/c1-3-16(23)10-28-18-7-8-19-15(9-18)5-4-6-20(19)29-11-17(24)12-30-22(26)14-31-13-21(25)27-2/h4-9,16-17,23-24H,3,10-14H2,1-2H3. The molecule has 2 unspecified atom stereocenters. The van der Waals surface area contributed by atoms with E-state index in [9.17, 15) is 19.8 Å². The van der Waals surface area contributed by atoms with Gasteiger partial charge in [-0.3, -0.25) is 9.59 Å². The lowest BCUT2D eigenvalue weighted by molar-refractivity contribution is -0.143. The van der Waals surface area contributed by atoms with E-state index in [1.165, 1.54) is 7.11 Å². The van der Waals surface area contributed by atoms with Crippen molar-refractivity contribution in [2.45, 2.75) is 25.6 Å². The molecular weight excluding hydrogens is 424 g/mol. The monoisotopic (exact) mass is 452 g/mol. The molecule has 0 saturated carbocycles. The topological polar surface area (TPSA) is 112 Å². The highest BCUT2D eigenvalue weighted by Crippen LogP contribution is 2.29. The Bertz CT molecular complexity index is 857. The molecule has 0 spiro atoms. The van der Waals surface area contributed by atoms with E-state index in [0.29, 0.717) is 17.9 Å². The van der Waals surface area contributed by atoms with Crippen LogP contribution in [0.15, 0.2) is 36.4 Å². The van der Waals surface area contributed by atoms with Gasteiger partial charge >= 0.3 is 11.9 Å². The van der Waals surface area contributed by atoms with Gasteiger partial charge in [-0.1, -0.05) is 19.1 Å². The van der Waals surface area contributed by atoms with Gasteiger partial charge in [-0.05, 0) is 36.1 Å². The summed E-state index contributed by atoms with van der Waals surface area (Å²) in [6.07, 6.45) is -0.884. The van der Waals surface area contributed by atoms with Crippen LogP contribution in [0.5, 0.6) is 11.5 Å². The number of carbonyl (C=O) groups excluding carboxylic acids is 2. The normalized spacial score (nSPS) is 12.8. The van der Waals surface area contributed by atoms with E-state index >= 15 is 0 Å². The molecule has 170 valence electrons. The van der Waals surface area contributed by atoms with Crippen LogP contribution < -0.4 is 9.47 Å². The number of aliphatic hydroxyl groups excluding tert-OH is 2. The number of rotatable bonds is 13. The minimum Gasteiger partial charge on any atom is -0.491 e. The number of esters is 2. The molecule has 0 aliphatic carbocycles. The van der Waals surface area contributed by atoms with Crippen LogP contribution >= 0.6 is 11.8 Å². The lowest BCUT2D eigenvalue weighted by Gasteiger charge is -2.15. The first-order valence-electron chi connectivity index (χ1n) is 9.87. The average Bonchev–Trinajstić information content (AvgIpc) is 2.79. The van der Waals surface area contributed by atoms with Crippen molar-refractivity contribution < 1.29 is 38.7 Å². The summed E-state index contributed by atoms with van der Waals surface area (Å²) in [7, 11) is 1.28. The highest BCUT2D eigenvalue weighted by Gasteiger charge is 2.12. The SMILES string of the molecule is CCC(O)COc1ccc2c(OCC(O)COC(=O)CSCC(=O)OC)cccc2c1. The van der Waals surface area contributed by atoms with Gasteiger partial charge in [0.1, 0.15) is 37.4 Å². The first-order valence-corrected chi connectivity index (χ1v) is 11.0. The summed E-state index contributed by atoms with van der Waals surface area (Å²) in [5, 5.41) is 21.4. The Morgan fingerprint density at radius 1 is 0.968 bits per heavy atom. The van der Waals surface area contributed by atoms with Crippen molar-refractivity contribution in [3.63, 3.8) is 0 Å². The Balaban J connectivity index is 1.82. The maximum Gasteiger partial charge on any atom is 0.316 e. The zero-order valence-electron chi connectivity index (χ0n) is 17.6. The smallest absolute Gasteiger partial charge is 0.316 e. The molecule has 0 heterocycles. The molecule has 8 nitrogen and oxygen atoms in total. The van der Waals surface area contributed by atoms with Gasteiger partial charge in [-0.15, -0.1) is 11.8 Å². The minimum atomic E-state index is -0.997. The van der Waals surface area contributed by atoms with E-state index in [2.05, 4.69) is 4.74 Å². The number of hydrogen-bond acceptors (Lipinski definition) is 9. The second kappa shape index (κ2) is 13.0. The highest BCUT2D eigenvalue weighted by molar-refractivity contribution is 8.00. The summed E-state index contributed by atoms with van der Waals surface area (Å²) in [6, 6.07) is 11.0. The minimum absolute atomic E-state index is 0.00825. The van der Waals surface area contributed by atoms with Crippen molar-refractivity contribution in [1.29, 1.82) is 0 Å². The van der Waals surface area contributed by atoms with Crippen molar-refractivity contribution in [3.8, 4) is 11.5 Å². The summed E-state index contributed by atoms with van der Waals surface area (Å²) >= 11 is 1.08. The molecule has 0 aliphatic rings. The van der Waals surface area contributed by atoms with E-state index in [1.807, 2.05) is 31.2 Å². The van der Waals surface area contributed by atoms with Gasteiger partial charge in [-0.2, -0.15) is 0 Å². The zero-order valence-corrected chi connectivity index (χ0v) is 18.4. The summed E-state index contributed by atoms with van der Waals surface area (Å²) in [5.74, 6) is 0.332. The Kier molecular flexibility index (Phi) is 10.4. The Labute approximate surface area is 185 Å². The van der Waals surface area contributed by atoms with Crippen molar-refractivity contribution in [1.82, 2.24) is 0 Å². The Morgan fingerprint density at radius 3 is 2.45 bits per heavy atom. The van der Waals surface area contributed by atoms with Crippen molar-refractivity contribution >= 4 is 34.5 Å². The number of carbonyl (C=O) groups is 2. The second-order valence-corrected chi connectivity index (χ2v) is 7.71. The maximum atomic E-state index is 11.6. The molecule has 0 aliphatic heterocycles.